The van der Waals surface area contributed by atoms with Crippen LogP contribution in [0.1, 0.15) is 27.7 Å². The Bertz CT molecular complexity index is 234. The first-order chi connectivity index (χ1) is 6.91. The van der Waals surface area contributed by atoms with E-state index in [0.717, 1.165) is 11.5 Å². The van der Waals surface area contributed by atoms with Crippen molar-refractivity contribution in [2.24, 2.45) is 10.6 Å². The van der Waals surface area contributed by atoms with Crippen LogP contribution in [0.25, 0.3) is 0 Å². The Labute approximate surface area is 95.8 Å². The average molecular weight is 232 g/mol. The Hall–Kier alpha value is -0.710. The van der Waals surface area contributed by atoms with Gasteiger partial charge in [0, 0.05) is 17.7 Å². The molecule has 15 heavy (non-hydrogen) atoms. The van der Waals surface area contributed by atoms with Gasteiger partial charge in [-0.3, -0.25) is 4.84 Å². The molecule has 0 aromatic carbocycles. The lowest BCUT2D eigenvalue weighted by atomic mass is 9.91. The van der Waals surface area contributed by atoms with Gasteiger partial charge in [-0.2, -0.15) is 11.8 Å². The molecule has 0 aliphatic carbocycles. The first-order valence-corrected chi connectivity index (χ1v) is 6.32. The predicted octanol–water partition coefficient (Wildman–Crippen LogP) is 2.50. The largest absolute Gasteiger partial charge is 0.433 e. The second kappa shape index (κ2) is 6.71. The van der Waals surface area contributed by atoms with E-state index in [1.54, 1.807) is 11.8 Å². The van der Waals surface area contributed by atoms with Gasteiger partial charge >= 0.3 is 6.09 Å². The highest BCUT2D eigenvalue weighted by Gasteiger charge is 2.19. The van der Waals surface area contributed by atoms with Crippen molar-refractivity contribution in [1.82, 2.24) is 5.32 Å². The summed E-state index contributed by atoms with van der Waals surface area (Å²) in [5.41, 5.74) is 0.802. The van der Waals surface area contributed by atoms with Crippen LogP contribution < -0.4 is 5.32 Å². The van der Waals surface area contributed by atoms with Crippen LogP contribution in [0.3, 0.4) is 0 Å². The normalized spacial score (nSPS) is 12.5. The molecule has 0 saturated heterocycles. The third kappa shape index (κ3) is 6.38. The molecule has 0 fully saturated rings. The maximum Gasteiger partial charge on any atom is 0.433 e. The van der Waals surface area contributed by atoms with Crippen molar-refractivity contribution in [3.8, 4) is 0 Å². The monoisotopic (exact) mass is 232 g/mol. The van der Waals surface area contributed by atoms with Crippen LogP contribution in [-0.2, 0) is 4.84 Å². The molecule has 0 bridgehead atoms. The highest BCUT2D eigenvalue weighted by atomic mass is 32.2. The summed E-state index contributed by atoms with van der Waals surface area (Å²) in [5, 5.41) is 6.41. The molecule has 1 amide bonds. The van der Waals surface area contributed by atoms with E-state index in [2.05, 4.69) is 10.5 Å². The summed E-state index contributed by atoms with van der Waals surface area (Å²) < 4.78 is 0. The first-order valence-electron chi connectivity index (χ1n) is 4.93. The maximum absolute atomic E-state index is 11.0. The van der Waals surface area contributed by atoms with Crippen molar-refractivity contribution < 1.29 is 9.63 Å². The number of rotatable bonds is 4. The van der Waals surface area contributed by atoms with Crippen molar-refractivity contribution in [2.75, 3.05) is 18.6 Å². The second-order valence-electron chi connectivity index (χ2n) is 4.13. The predicted molar refractivity (Wildman–Crippen MR) is 65.4 cm³/mol. The number of hydrogen-bond donors (Lipinski definition) is 1. The minimum Gasteiger partial charge on any atom is -0.320 e. The van der Waals surface area contributed by atoms with E-state index in [1.807, 2.05) is 34.0 Å². The second-order valence-corrected chi connectivity index (χ2v) is 5.00. The molecule has 0 radical (unpaired) electrons. The molecule has 0 aliphatic rings. The van der Waals surface area contributed by atoms with E-state index in [1.165, 1.54) is 0 Å². The zero-order valence-corrected chi connectivity index (χ0v) is 10.9. The Balaban J connectivity index is 4.36. The number of amides is 1. The molecule has 0 rings (SSSR count). The minimum absolute atomic E-state index is 0.0739. The summed E-state index contributed by atoms with van der Waals surface area (Å²) >= 11 is 1.66. The molecule has 0 saturated carbocycles. The fourth-order valence-corrected chi connectivity index (χ4v) is 1.55. The molecule has 0 aromatic rings. The molecule has 4 nitrogen and oxygen atoms in total. The standard InChI is InChI=1S/C10H20N2O2S/c1-6-11-9(13)14-12-8(7-15-5)10(2,3)4/h6-7H2,1-5H3,(H,11,13). The SMILES string of the molecule is CCNC(=O)ON=C(CSC)C(C)(C)C. The van der Waals surface area contributed by atoms with Crippen LogP contribution in [0.2, 0.25) is 0 Å². The van der Waals surface area contributed by atoms with Gasteiger partial charge < -0.3 is 5.32 Å². The quantitative estimate of drug-likeness (QED) is 0.460. The highest BCUT2D eigenvalue weighted by Crippen LogP contribution is 2.18. The summed E-state index contributed by atoms with van der Waals surface area (Å²) in [6, 6.07) is 0. The van der Waals surface area contributed by atoms with Gasteiger partial charge in [0.05, 0.1) is 5.71 Å². The van der Waals surface area contributed by atoms with Gasteiger partial charge in [0.25, 0.3) is 0 Å². The first kappa shape index (κ1) is 14.3. The lowest BCUT2D eigenvalue weighted by molar-refractivity contribution is 0.150. The Morgan fingerprint density at radius 1 is 1.47 bits per heavy atom. The van der Waals surface area contributed by atoms with Crippen molar-refractivity contribution in [3.05, 3.63) is 0 Å². The molecule has 5 heteroatoms. The fourth-order valence-electron chi connectivity index (χ4n) is 0.790. The molecule has 0 spiro atoms. The van der Waals surface area contributed by atoms with E-state index in [4.69, 9.17) is 4.84 Å². The van der Waals surface area contributed by atoms with Gasteiger partial charge in [0.2, 0.25) is 0 Å². The third-order valence-corrected chi connectivity index (χ3v) is 2.27. The minimum atomic E-state index is -0.500. The highest BCUT2D eigenvalue weighted by molar-refractivity contribution is 7.99. The number of nitrogens with one attached hydrogen (secondary N) is 1. The smallest absolute Gasteiger partial charge is 0.320 e. The van der Waals surface area contributed by atoms with Crippen molar-refractivity contribution in [2.45, 2.75) is 27.7 Å². The molecule has 0 atom stereocenters. The van der Waals surface area contributed by atoms with Crippen LogP contribution in [0, 0.1) is 5.41 Å². The topological polar surface area (TPSA) is 50.7 Å². The average Bonchev–Trinajstić information content (AvgIpc) is 2.10. The number of thioether (sulfide) groups is 1. The number of carbonyl (C=O) groups is 1. The Kier molecular flexibility index (Phi) is 6.40. The van der Waals surface area contributed by atoms with Gasteiger partial charge in [-0.25, -0.2) is 4.79 Å². The van der Waals surface area contributed by atoms with Crippen LogP contribution in [0.15, 0.2) is 5.16 Å². The third-order valence-electron chi connectivity index (χ3n) is 1.71. The molecular weight excluding hydrogens is 212 g/mol. The molecule has 0 aromatic heterocycles. The van der Waals surface area contributed by atoms with Crippen LogP contribution in [-0.4, -0.2) is 30.4 Å². The van der Waals surface area contributed by atoms with Crippen molar-refractivity contribution >= 4 is 23.6 Å². The molecule has 1 N–H and O–H groups in total. The van der Waals surface area contributed by atoms with Gasteiger partial charge in [-0.05, 0) is 13.2 Å². The fraction of sp³-hybridized carbons (Fsp3) is 0.800. The van der Waals surface area contributed by atoms with E-state index in [0.29, 0.717) is 6.54 Å². The summed E-state index contributed by atoms with van der Waals surface area (Å²) in [4.78, 5) is 15.8. The van der Waals surface area contributed by atoms with Crippen LogP contribution in [0.4, 0.5) is 4.79 Å². The number of nitrogens with zero attached hydrogens (tertiary/aromatic N) is 1. The maximum atomic E-state index is 11.0. The number of carbonyl (C=O) groups excluding carboxylic acids is 1. The summed E-state index contributed by atoms with van der Waals surface area (Å²) in [5.74, 6) is 0.767. The Morgan fingerprint density at radius 3 is 2.47 bits per heavy atom. The van der Waals surface area contributed by atoms with Gasteiger partial charge in [0.1, 0.15) is 0 Å². The number of hydrogen-bond acceptors (Lipinski definition) is 4. The number of oxime groups is 1. The molecule has 0 aliphatic heterocycles. The van der Waals surface area contributed by atoms with Crippen LogP contribution >= 0.6 is 11.8 Å². The lowest BCUT2D eigenvalue weighted by Gasteiger charge is -2.19. The lowest BCUT2D eigenvalue weighted by Crippen LogP contribution is -2.26. The molecular formula is C10H20N2O2S. The van der Waals surface area contributed by atoms with E-state index in [9.17, 15) is 4.79 Å². The zero-order chi connectivity index (χ0) is 11.9. The van der Waals surface area contributed by atoms with E-state index >= 15 is 0 Å². The van der Waals surface area contributed by atoms with Gasteiger partial charge in [-0.1, -0.05) is 25.9 Å². The van der Waals surface area contributed by atoms with E-state index < -0.39 is 6.09 Å². The zero-order valence-electron chi connectivity index (χ0n) is 10.1. The van der Waals surface area contributed by atoms with Crippen molar-refractivity contribution in [1.29, 1.82) is 0 Å². The summed E-state index contributed by atoms with van der Waals surface area (Å²) in [6.07, 6.45) is 1.49. The van der Waals surface area contributed by atoms with Gasteiger partial charge in [-0.15, -0.1) is 0 Å². The van der Waals surface area contributed by atoms with Gasteiger partial charge in [0.15, 0.2) is 0 Å². The molecule has 0 heterocycles. The summed E-state index contributed by atoms with van der Waals surface area (Å²) in [6.45, 7) is 8.51. The van der Waals surface area contributed by atoms with Crippen LogP contribution in [0.5, 0.6) is 0 Å². The van der Waals surface area contributed by atoms with E-state index in [-0.39, 0.29) is 5.41 Å². The molecule has 88 valence electrons. The van der Waals surface area contributed by atoms with Crippen molar-refractivity contribution in [3.63, 3.8) is 0 Å². The molecule has 0 unspecified atom stereocenters. The Morgan fingerprint density at radius 2 is 2.07 bits per heavy atom. The summed E-state index contributed by atoms with van der Waals surface area (Å²) in [7, 11) is 0.